The second-order valence-electron chi connectivity index (χ2n) is 6.14. The Hall–Kier alpha value is -2.35. The Morgan fingerprint density at radius 3 is 2.32 bits per heavy atom. The number of amides is 2. The standard InChI is InChI=1S/C17H21N5O2S/c1-10(25-17-21-20-11(2)22(17)15-8-9-15)16(24)19-14-6-4-13(5-7-14)18-12(3)23/h4-7,10,15H,8-9H2,1-3H3,(H,18,23)(H,19,24)/t10-/m0/s1. The summed E-state index contributed by atoms with van der Waals surface area (Å²) in [5.74, 6) is 0.670. The van der Waals surface area contributed by atoms with E-state index in [1.807, 2.05) is 13.8 Å². The number of hydrogen-bond acceptors (Lipinski definition) is 5. The normalized spacial score (nSPS) is 14.8. The molecule has 1 aromatic heterocycles. The van der Waals surface area contributed by atoms with E-state index in [-0.39, 0.29) is 17.1 Å². The molecule has 1 heterocycles. The van der Waals surface area contributed by atoms with Crippen molar-refractivity contribution >= 4 is 35.0 Å². The van der Waals surface area contributed by atoms with Gasteiger partial charge in [-0.2, -0.15) is 0 Å². The number of aromatic nitrogens is 3. The fourth-order valence-corrected chi connectivity index (χ4v) is 3.44. The number of nitrogens with zero attached hydrogens (tertiary/aromatic N) is 3. The Morgan fingerprint density at radius 1 is 1.16 bits per heavy atom. The average Bonchev–Trinajstić information content (AvgIpc) is 3.33. The molecule has 0 spiro atoms. The predicted octanol–water partition coefficient (Wildman–Crippen LogP) is 3.00. The van der Waals surface area contributed by atoms with Crippen LogP contribution >= 0.6 is 11.8 Å². The Kier molecular flexibility index (Phi) is 5.08. The minimum atomic E-state index is -0.295. The maximum Gasteiger partial charge on any atom is 0.237 e. The van der Waals surface area contributed by atoms with Gasteiger partial charge in [-0.25, -0.2) is 0 Å². The van der Waals surface area contributed by atoms with Gasteiger partial charge in [-0.05, 0) is 51.0 Å². The molecule has 0 aliphatic heterocycles. The molecule has 8 heteroatoms. The van der Waals surface area contributed by atoms with Gasteiger partial charge in [0.05, 0.1) is 5.25 Å². The summed E-state index contributed by atoms with van der Waals surface area (Å²) in [7, 11) is 0. The lowest BCUT2D eigenvalue weighted by Gasteiger charge is -2.13. The molecule has 3 rings (SSSR count). The van der Waals surface area contributed by atoms with E-state index in [1.54, 1.807) is 24.3 Å². The van der Waals surface area contributed by atoms with Gasteiger partial charge < -0.3 is 15.2 Å². The fraction of sp³-hybridized carbons (Fsp3) is 0.412. The first-order chi connectivity index (χ1) is 11.9. The first-order valence-electron chi connectivity index (χ1n) is 8.20. The number of aryl methyl sites for hydroxylation is 1. The van der Waals surface area contributed by atoms with Crippen molar-refractivity contribution in [3.05, 3.63) is 30.1 Å². The van der Waals surface area contributed by atoms with Crippen LogP contribution in [0.25, 0.3) is 0 Å². The van der Waals surface area contributed by atoms with E-state index in [0.29, 0.717) is 17.4 Å². The quantitative estimate of drug-likeness (QED) is 0.774. The zero-order valence-corrected chi connectivity index (χ0v) is 15.3. The Morgan fingerprint density at radius 2 is 1.76 bits per heavy atom. The average molecular weight is 359 g/mol. The molecule has 0 bridgehead atoms. The maximum absolute atomic E-state index is 12.4. The van der Waals surface area contributed by atoms with E-state index >= 15 is 0 Å². The number of thioether (sulfide) groups is 1. The molecule has 2 aromatic rings. The minimum Gasteiger partial charge on any atom is -0.326 e. The summed E-state index contributed by atoms with van der Waals surface area (Å²) in [6.45, 7) is 5.25. The number of rotatable bonds is 6. The minimum absolute atomic E-state index is 0.0970. The van der Waals surface area contributed by atoms with E-state index in [1.165, 1.54) is 18.7 Å². The van der Waals surface area contributed by atoms with Gasteiger partial charge in [0.2, 0.25) is 11.8 Å². The van der Waals surface area contributed by atoms with E-state index in [9.17, 15) is 9.59 Å². The highest BCUT2D eigenvalue weighted by Gasteiger charge is 2.29. The van der Waals surface area contributed by atoms with Crippen molar-refractivity contribution in [3.63, 3.8) is 0 Å². The number of carbonyl (C=O) groups excluding carboxylic acids is 2. The van der Waals surface area contributed by atoms with Gasteiger partial charge in [0.15, 0.2) is 5.16 Å². The summed E-state index contributed by atoms with van der Waals surface area (Å²) >= 11 is 1.42. The molecule has 0 unspecified atom stereocenters. The zero-order chi connectivity index (χ0) is 18.0. The predicted molar refractivity (Wildman–Crippen MR) is 97.7 cm³/mol. The zero-order valence-electron chi connectivity index (χ0n) is 14.4. The lowest BCUT2D eigenvalue weighted by atomic mass is 10.2. The maximum atomic E-state index is 12.4. The van der Waals surface area contributed by atoms with Gasteiger partial charge in [-0.3, -0.25) is 9.59 Å². The monoisotopic (exact) mass is 359 g/mol. The molecular formula is C17H21N5O2S. The number of hydrogen-bond donors (Lipinski definition) is 2. The van der Waals surface area contributed by atoms with Crippen LogP contribution in [0.1, 0.15) is 38.6 Å². The number of anilines is 2. The van der Waals surface area contributed by atoms with Gasteiger partial charge >= 0.3 is 0 Å². The van der Waals surface area contributed by atoms with Crippen molar-refractivity contribution in [3.8, 4) is 0 Å². The largest absolute Gasteiger partial charge is 0.326 e. The van der Waals surface area contributed by atoms with E-state index in [2.05, 4.69) is 25.4 Å². The molecule has 1 atom stereocenters. The third kappa shape index (κ3) is 4.39. The molecule has 7 nitrogen and oxygen atoms in total. The molecule has 0 saturated heterocycles. The van der Waals surface area contributed by atoms with Crippen LogP contribution < -0.4 is 10.6 Å². The molecule has 132 valence electrons. The van der Waals surface area contributed by atoms with Gasteiger partial charge in [0.1, 0.15) is 5.82 Å². The van der Waals surface area contributed by atoms with Crippen LogP contribution in [0.2, 0.25) is 0 Å². The summed E-state index contributed by atoms with van der Waals surface area (Å²) < 4.78 is 2.12. The summed E-state index contributed by atoms with van der Waals surface area (Å²) in [4.78, 5) is 23.4. The molecule has 0 radical (unpaired) electrons. The van der Waals surface area contributed by atoms with Crippen molar-refractivity contribution in [1.82, 2.24) is 14.8 Å². The smallest absolute Gasteiger partial charge is 0.237 e. The second-order valence-corrected chi connectivity index (χ2v) is 7.45. The number of carbonyl (C=O) groups is 2. The molecule has 2 N–H and O–H groups in total. The molecular weight excluding hydrogens is 338 g/mol. The summed E-state index contributed by atoms with van der Waals surface area (Å²) in [6, 6.07) is 7.51. The Labute approximate surface area is 150 Å². The van der Waals surface area contributed by atoms with Crippen LogP contribution in [0.3, 0.4) is 0 Å². The lowest BCUT2D eigenvalue weighted by Crippen LogP contribution is -2.23. The Bertz CT molecular complexity index is 783. The van der Waals surface area contributed by atoms with Gasteiger partial charge in [0, 0.05) is 24.3 Å². The summed E-state index contributed by atoms with van der Waals surface area (Å²) in [5, 5.41) is 14.4. The first-order valence-corrected chi connectivity index (χ1v) is 9.08. The van der Waals surface area contributed by atoms with Crippen molar-refractivity contribution < 1.29 is 9.59 Å². The molecule has 1 aromatic carbocycles. The summed E-state index contributed by atoms with van der Waals surface area (Å²) in [6.07, 6.45) is 2.29. The first kappa shape index (κ1) is 17.5. The van der Waals surface area contributed by atoms with Crippen molar-refractivity contribution in [2.75, 3.05) is 10.6 Å². The van der Waals surface area contributed by atoms with Crippen molar-refractivity contribution in [2.24, 2.45) is 0 Å². The molecule has 1 aliphatic rings. The number of nitrogens with one attached hydrogen (secondary N) is 2. The molecule has 25 heavy (non-hydrogen) atoms. The molecule has 2 amide bonds. The van der Waals surface area contributed by atoms with Gasteiger partial charge in [0.25, 0.3) is 0 Å². The Balaban J connectivity index is 1.60. The lowest BCUT2D eigenvalue weighted by molar-refractivity contribution is -0.115. The van der Waals surface area contributed by atoms with Gasteiger partial charge in [-0.15, -0.1) is 10.2 Å². The topological polar surface area (TPSA) is 88.9 Å². The van der Waals surface area contributed by atoms with Crippen LogP contribution in [0.5, 0.6) is 0 Å². The van der Waals surface area contributed by atoms with Crippen LogP contribution in [0.15, 0.2) is 29.4 Å². The van der Waals surface area contributed by atoms with E-state index in [0.717, 1.165) is 23.8 Å². The third-order valence-corrected chi connectivity index (χ3v) is 4.93. The highest BCUT2D eigenvalue weighted by Crippen LogP contribution is 2.39. The highest BCUT2D eigenvalue weighted by atomic mass is 32.2. The van der Waals surface area contributed by atoms with Crippen molar-refractivity contribution in [1.29, 1.82) is 0 Å². The SMILES string of the molecule is CC(=O)Nc1ccc(NC(=O)[C@H](C)Sc2nnc(C)n2C2CC2)cc1. The third-order valence-electron chi connectivity index (χ3n) is 3.87. The van der Waals surface area contributed by atoms with E-state index < -0.39 is 0 Å². The van der Waals surface area contributed by atoms with E-state index in [4.69, 9.17) is 0 Å². The molecule has 1 aliphatic carbocycles. The van der Waals surface area contributed by atoms with Crippen molar-refractivity contribution in [2.45, 2.75) is 50.1 Å². The van der Waals surface area contributed by atoms with Crippen LogP contribution in [0, 0.1) is 6.92 Å². The van der Waals surface area contributed by atoms with Crippen LogP contribution in [0.4, 0.5) is 11.4 Å². The van der Waals surface area contributed by atoms with Crippen LogP contribution in [-0.4, -0.2) is 31.8 Å². The second kappa shape index (κ2) is 7.26. The fourth-order valence-electron chi connectivity index (χ4n) is 2.48. The number of benzene rings is 1. The highest BCUT2D eigenvalue weighted by molar-refractivity contribution is 8.00. The van der Waals surface area contributed by atoms with Crippen LogP contribution in [-0.2, 0) is 9.59 Å². The molecule has 1 saturated carbocycles. The van der Waals surface area contributed by atoms with Gasteiger partial charge in [-0.1, -0.05) is 11.8 Å². The molecule has 1 fully saturated rings. The summed E-state index contributed by atoms with van der Waals surface area (Å²) in [5.41, 5.74) is 1.38.